The Hall–Kier alpha value is -2.81. The van der Waals surface area contributed by atoms with Crippen LogP contribution in [0, 0.1) is 0 Å². The van der Waals surface area contributed by atoms with Crippen molar-refractivity contribution in [1.29, 1.82) is 0 Å². The third-order valence-corrected chi connectivity index (χ3v) is 4.38. The molecule has 0 spiro atoms. The Kier molecular flexibility index (Phi) is 4.14. The van der Waals surface area contributed by atoms with E-state index >= 15 is 0 Å². The van der Waals surface area contributed by atoms with Crippen LogP contribution in [-0.4, -0.2) is 17.7 Å². The molecule has 1 atom stereocenters. The molecular formula is C22H21NO2. The Morgan fingerprint density at radius 2 is 2.04 bits per heavy atom. The first-order valence-electron chi connectivity index (χ1n) is 8.73. The summed E-state index contributed by atoms with van der Waals surface area (Å²) in [5, 5.41) is 1.15. The van der Waals surface area contributed by atoms with Crippen molar-refractivity contribution in [3.05, 3.63) is 65.4 Å². The zero-order valence-electron chi connectivity index (χ0n) is 14.5. The summed E-state index contributed by atoms with van der Waals surface area (Å²) in [6.07, 6.45) is 5.24. The van der Waals surface area contributed by atoms with Gasteiger partial charge in [0.25, 0.3) is 0 Å². The summed E-state index contributed by atoms with van der Waals surface area (Å²) in [6.45, 7) is 4.74. The van der Waals surface area contributed by atoms with Crippen LogP contribution in [0.15, 0.2) is 48.5 Å². The van der Waals surface area contributed by atoms with Crippen molar-refractivity contribution in [2.45, 2.75) is 26.4 Å². The third kappa shape index (κ3) is 3.22. The molecule has 25 heavy (non-hydrogen) atoms. The summed E-state index contributed by atoms with van der Waals surface area (Å²) in [5.74, 6) is 1.86. The average Bonchev–Trinajstić information content (AvgIpc) is 2.98. The number of aromatic nitrogens is 1. The fourth-order valence-electron chi connectivity index (χ4n) is 3.22. The predicted molar refractivity (Wildman–Crippen MR) is 102 cm³/mol. The normalized spacial score (nSPS) is 16.2. The van der Waals surface area contributed by atoms with Gasteiger partial charge in [-0.25, -0.2) is 4.98 Å². The molecule has 126 valence electrons. The maximum Gasteiger partial charge on any atom is 0.127 e. The van der Waals surface area contributed by atoms with Crippen LogP contribution in [0.2, 0.25) is 0 Å². The van der Waals surface area contributed by atoms with E-state index in [4.69, 9.17) is 14.5 Å². The van der Waals surface area contributed by atoms with Crippen LogP contribution in [0.1, 0.15) is 30.7 Å². The minimum absolute atomic E-state index is 0.228. The van der Waals surface area contributed by atoms with Crippen LogP contribution in [0.3, 0.4) is 0 Å². The minimum atomic E-state index is 0.228. The molecule has 0 unspecified atom stereocenters. The van der Waals surface area contributed by atoms with Crippen molar-refractivity contribution in [3.63, 3.8) is 0 Å². The van der Waals surface area contributed by atoms with Gasteiger partial charge in [-0.05, 0) is 50.3 Å². The lowest BCUT2D eigenvalue weighted by molar-refractivity contribution is 0.254. The smallest absolute Gasteiger partial charge is 0.127 e. The highest BCUT2D eigenvalue weighted by Gasteiger charge is 2.21. The molecule has 1 aliphatic rings. The van der Waals surface area contributed by atoms with Gasteiger partial charge in [-0.3, -0.25) is 0 Å². The van der Waals surface area contributed by atoms with Gasteiger partial charge in [0.1, 0.15) is 17.6 Å². The standard InChI is InChI=1S/C22H21NO2/c1-3-24-21-14-18-12-15(2)25-22(18)13-17(21)9-11-19-10-8-16-6-4-5-7-20(16)23-19/h4-11,13-15H,3,12H2,1-2H3/b11-9+/t15-/m1/s1. The predicted octanol–water partition coefficient (Wildman–Crippen LogP) is 5.13. The Labute approximate surface area is 147 Å². The number of fused-ring (bicyclic) bond motifs is 2. The molecule has 0 N–H and O–H groups in total. The lowest BCUT2D eigenvalue weighted by Gasteiger charge is -2.10. The van der Waals surface area contributed by atoms with E-state index in [9.17, 15) is 0 Å². The van der Waals surface area contributed by atoms with E-state index in [1.54, 1.807) is 0 Å². The van der Waals surface area contributed by atoms with Crippen molar-refractivity contribution in [2.24, 2.45) is 0 Å². The maximum absolute atomic E-state index is 5.89. The van der Waals surface area contributed by atoms with Crippen molar-refractivity contribution < 1.29 is 9.47 Å². The number of pyridine rings is 1. The van der Waals surface area contributed by atoms with E-state index in [0.29, 0.717) is 6.61 Å². The van der Waals surface area contributed by atoms with E-state index in [1.165, 1.54) is 5.56 Å². The largest absolute Gasteiger partial charge is 0.493 e. The lowest BCUT2D eigenvalue weighted by Crippen LogP contribution is -2.05. The second kappa shape index (κ2) is 6.60. The van der Waals surface area contributed by atoms with Crippen LogP contribution >= 0.6 is 0 Å². The molecule has 4 rings (SSSR count). The molecule has 1 aliphatic heterocycles. The Morgan fingerprint density at radius 3 is 2.92 bits per heavy atom. The molecular weight excluding hydrogens is 310 g/mol. The number of ether oxygens (including phenoxy) is 2. The minimum Gasteiger partial charge on any atom is -0.493 e. The number of benzene rings is 2. The summed E-state index contributed by atoms with van der Waals surface area (Å²) in [4.78, 5) is 4.69. The number of nitrogens with zero attached hydrogens (tertiary/aromatic N) is 1. The summed E-state index contributed by atoms with van der Waals surface area (Å²) in [7, 11) is 0. The van der Waals surface area contributed by atoms with Gasteiger partial charge in [0.15, 0.2) is 0 Å². The maximum atomic E-state index is 5.89. The topological polar surface area (TPSA) is 31.4 Å². The first kappa shape index (κ1) is 15.7. The van der Waals surface area contributed by atoms with Crippen LogP contribution in [0.4, 0.5) is 0 Å². The van der Waals surface area contributed by atoms with Gasteiger partial charge in [-0.1, -0.05) is 24.3 Å². The highest BCUT2D eigenvalue weighted by atomic mass is 16.5. The fourth-order valence-corrected chi connectivity index (χ4v) is 3.22. The molecule has 2 aromatic carbocycles. The summed E-state index contributed by atoms with van der Waals surface area (Å²) < 4.78 is 11.7. The van der Waals surface area contributed by atoms with Crippen LogP contribution < -0.4 is 9.47 Å². The molecule has 2 heterocycles. The van der Waals surface area contributed by atoms with Crippen molar-refractivity contribution in [1.82, 2.24) is 4.98 Å². The molecule has 3 nitrogen and oxygen atoms in total. The Balaban J connectivity index is 1.68. The molecule has 3 heteroatoms. The van der Waals surface area contributed by atoms with Crippen LogP contribution in [0.25, 0.3) is 23.1 Å². The molecule has 0 fully saturated rings. The first-order chi connectivity index (χ1) is 12.2. The summed E-state index contributed by atoms with van der Waals surface area (Å²) in [6, 6.07) is 16.4. The van der Waals surface area contributed by atoms with Crippen molar-refractivity contribution in [3.8, 4) is 11.5 Å². The highest BCUT2D eigenvalue weighted by Crippen LogP contribution is 2.36. The van der Waals surface area contributed by atoms with Gasteiger partial charge < -0.3 is 9.47 Å². The monoisotopic (exact) mass is 331 g/mol. The molecule has 0 saturated carbocycles. The zero-order chi connectivity index (χ0) is 17.2. The second-order valence-electron chi connectivity index (χ2n) is 6.33. The third-order valence-electron chi connectivity index (χ3n) is 4.38. The van der Waals surface area contributed by atoms with E-state index in [1.807, 2.05) is 37.3 Å². The van der Waals surface area contributed by atoms with Crippen molar-refractivity contribution in [2.75, 3.05) is 6.61 Å². The second-order valence-corrected chi connectivity index (χ2v) is 6.33. The molecule has 0 saturated heterocycles. The molecule has 1 aromatic heterocycles. The average molecular weight is 331 g/mol. The van der Waals surface area contributed by atoms with Gasteiger partial charge in [0.05, 0.1) is 17.8 Å². The van der Waals surface area contributed by atoms with Gasteiger partial charge >= 0.3 is 0 Å². The molecule has 3 aromatic rings. The molecule has 0 aliphatic carbocycles. The van der Waals surface area contributed by atoms with E-state index in [2.05, 4.69) is 37.3 Å². The summed E-state index contributed by atoms with van der Waals surface area (Å²) in [5.41, 5.74) is 4.17. The number of hydrogen-bond donors (Lipinski definition) is 0. The fraction of sp³-hybridized carbons (Fsp3) is 0.227. The highest BCUT2D eigenvalue weighted by molar-refractivity contribution is 5.81. The van der Waals surface area contributed by atoms with Crippen LogP contribution in [-0.2, 0) is 6.42 Å². The SMILES string of the molecule is CCOc1cc2c(cc1/C=C/c1ccc3ccccc3n1)O[C@H](C)C2. The van der Waals surface area contributed by atoms with Gasteiger partial charge in [0, 0.05) is 22.9 Å². The zero-order valence-corrected chi connectivity index (χ0v) is 14.5. The quantitative estimate of drug-likeness (QED) is 0.664. The number of hydrogen-bond acceptors (Lipinski definition) is 3. The van der Waals surface area contributed by atoms with E-state index < -0.39 is 0 Å². The lowest BCUT2D eigenvalue weighted by atomic mass is 10.1. The van der Waals surface area contributed by atoms with E-state index in [0.717, 1.165) is 40.1 Å². The van der Waals surface area contributed by atoms with Gasteiger partial charge in [0.2, 0.25) is 0 Å². The first-order valence-corrected chi connectivity index (χ1v) is 8.73. The van der Waals surface area contributed by atoms with Gasteiger partial charge in [-0.15, -0.1) is 0 Å². The number of rotatable bonds is 4. The number of para-hydroxylation sites is 1. The van der Waals surface area contributed by atoms with Crippen LogP contribution in [0.5, 0.6) is 11.5 Å². The molecule has 0 bridgehead atoms. The molecule has 0 amide bonds. The van der Waals surface area contributed by atoms with Gasteiger partial charge in [-0.2, -0.15) is 0 Å². The molecule has 0 radical (unpaired) electrons. The Morgan fingerprint density at radius 1 is 1.16 bits per heavy atom. The van der Waals surface area contributed by atoms with E-state index in [-0.39, 0.29) is 6.10 Å². The van der Waals surface area contributed by atoms with Crippen molar-refractivity contribution >= 4 is 23.1 Å². The Bertz CT molecular complexity index is 946. The summed E-state index contributed by atoms with van der Waals surface area (Å²) >= 11 is 0.